The number of fused-ring (bicyclic) bond motifs is 2. The van der Waals surface area contributed by atoms with Gasteiger partial charge in [0.1, 0.15) is 0 Å². The van der Waals surface area contributed by atoms with Gasteiger partial charge in [-0.2, -0.15) is 0 Å². The second-order valence-corrected chi connectivity index (χ2v) is 4.94. The number of rotatable bonds is 3. The zero-order chi connectivity index (χ0) is 13.9. The van der Waals surface area contributed by atoms with Crippen LogP contribution in [0.2, 0.25) is 0 Å². The monoisotopic (exact) mass is 259 g/mol. The summed E-state index contributed by atoms with van der Waals surface area (Å²) >= 11 is 0. The number of para-hydroxylation sites is 2. The molecule has 0 saturated heterocycles. The summed E-state index contributed by atoms with van der Waals surface area (Å²) in [5.41, 5.74) is 5.48. The van der Waals surface area contributed by atoms with E-state index in [9.17, 15) is 0 Å². The van der Waals surface area contributed by atoms with Crippen molar-refractivity contribution in [1.82, 2.24) is 0 Å². The van der Waals surface area contributed by atoms with Gasteiger partial charge in [0.2, 0.25) is 0 Å². The van der Waals surface area contributed by atoms with Crippen LogP contribution in [0.15, 0.2) is 60.8 Å². The molecule has 2 aromatic rings. The number of anilines is 2. The maximum Gasteiger partial charge on any atom is 0.0615 e. The topological polar surface area (TPSA) is 3.24 Å². The van der Waals surface area contributed by atoms with Gasteiger partial charge < -0.3 is 4.90 Å². The predicted molar refractivity (Wildman–Crippen MR) is 85.1 cm³/mol. The van der Waals surface area contributed by atoms with E-state index in [1.54, 1.807) is 0 Å². The highest BCUT2D eigenvalue weighted by Gasteiger charge is 2.19. The van der Waals surface area contributed by atoms with E-state index in [0.29, 0.717) is 0 Å². The molecule has 0 spiro atoms. The standard InChI is InChI=1S/C19H17N/c1-3-8-15(2)20-18-11-6-4-9-16(18)13-14-17-10-5-7-12-19(17)20/h4-7,9-12H,2-3,8H2,1H3. The molecule has 3 rings (SSSR count). The average molecular weight is 259 g/mol. The van der Waals surface area contributed by atoms with Crippen molar-refractivity contribution in [2.24, 2.45) is 0 Å². The van der Waals surface area contributed by atoms with Crippen LogP contribution < -0.4 is 4.90 Å². The van der Waals surface area contributed by atoms with Crippen molar-refractivity contribution in [2.45, 2.75) is 19.8 Å². The second kappa shape index (κ2) is 5.27. The van der Waals surface area contributed by atoms with Gasteiger partial charge in [0.05, 0.1) is 11.4 Å². The summed E-state index contributed by atoms with van der Waals surface area (Å²) in [7, 11) is 0. The molecule has 1 aliphatic rings. The van der Waals surface area contributed by atoms with E-state index in [-0.39, 0.29) is 0 Å². The summed E-state index contributed by atoms with van der Waals surface area (Å²) in [5.74, 6) is 6.55. The van der Waals surface area contributed by atoms with Crippen LogP contribution in [0.3, 0.4) is 0 Å². The van der Waals surface area contributed by atoms with E-state index < -0.39 is 0 Å². The second-order valence-electron chi connectivity index (χ2n) is 4.94. The average Bonchev–Trinajstić information content (AvgIpc) is 2.64. The molecule has 1 heteroatoms. The maximum atomic E-state index is 4.28. The molecule has 0 unspecified atom stereocenters. The molecule has 0 N–H and O–H groups in total. The third-order valence-corrected chi connectivity index (χ3v) is 3.48. The van der Waals surface area contributed by atoms with Gasteiger partial charge in [-0.15, -0.1) is 0 Å². The fraction of sp³-hybridized carbons (Fsp3) is 0.158. The molecule has 0 amide bonds. The predicted octanol–water partition coefficient (Wildman–Crippen LogP) is 4.85. The fourth-order valence-electron chi connectivity index (χ4n) is 2.55. The lowest BCUT2D eigenvalue weighted by molar-refractivity contribution is 0.879. The SMILES string of the molecule is C=C(CCC)N1c2ccccc2C#Cc2ccccc21. The number of nitrogens with zero attached hydrogens (tertiary/aromatic N) is 1. The molecular formula is C19H17N. The Kier molecular flexibility index (Phi) is 3.31. The van der Waals surface area contributed by atoms with Crippen LogP contribution in [0.4, 0.5) is 11.4 Å². The van der Waals surface area contributed by atoms with Crippen LogP contribution in [-0.2, 0) is 0 Å². The molecular weight excluding hydrogens is 242 g/mol. The lowest BCUT2D eigenvalue weighted by atomic mass is 10.1. The van der Waals surface area contributed by atoms with E-state index in [1.807, 2.05) is 12.1 Å². The number of benzene rings is 2. The molecule has 0 fully saturated rings. The Bertz CT molecular complexity index is 664. The first-order valence-corrected chi connectivity index (χ1v) is 6.99. The van der Waals surface area contributed by atoms with Gasteiger partial charge in [0, 0.05) is 16.8 Å². The third kappa shape index (κ3) is 2.10. The highest BCUT2D eigenvalue weighted by atomic mass is 15.2. The molecule has 20 heavy (non-hydrogen) atoms. The Morgan fingerprint density at radius 1 is 0.950 bits per heavy atom. The molecule has 1 aliphatic heterocycles. The number of hydrogen-bond acceptors (Lipinski definition) is 1. The zero-order valence-electron chi connectivity index (χ0n) is 11.7. The van der Waals surface area contributed by atoms with Crippen LogP contribution in [0.1, 0.15) is 30.9 Å². The van der Waals surface area contributed by atoms with Gasteiger partial charge >= 0.3 is 0 Å². The van der Waals surface area contributed by atoms with Gasteiger partial charge in [-0.25, -0.2) is 0 Å². The Hall–Kier alpha value is -2.46. The van der Waals surface area contributed by atoms with E-state index >= 15 is 0 Å². The molecule has 0 atom stereocenters. The molecule has 0 radical (unpaired) electrons. The first-order chi connectivity index (χ1) is 9.81. The van der Waals surface area contributed by atoms with Gasteiger partial charge in [0.15, 0.2) is 0 Å². The minimum atomic E-state index is 0.975. The largest absolute Gasteiger partial charge is 0.312 e. The Morgan fingerprint density at radius 3 is 1.95 bits per heavy atom. The number of hydrogen-bond donors (Lipinski definition) is 0. The van der Waals surface area contributed by atoms with Gasteiger partial charge in [-0.3, -0.25) is 0 Å². The summed E-state index contributed by atoms with van der Waals surface area (Å²) in [6, 6.07) is 16.6. The van der Waals surface area contributed by atoms with E-state index in [0.717, 1.165) is 41.0 Å². The van der Waals surface area contributed by atoms with Gasteiger partial charge in [-0.1, -0.05) is 56.0 Å². The molecule has 0 aliphatic carbocycles. The Balaban J connectivity index is 2.22. The molecule has 0 bridgehead atoms. The summed E-state index contributed by atoms with van der Waals surface area (Å²) in [4.78, 5) is 2.24. The molecule has 0 saturated carbocycles. The quantitative estimate of drug-likeness (QED) is 0.712. The van der Waals surface area contributed by atoms with E-state index in [4.69, 9.17) is 0 Å². The molecule has 98 valence electrons. The minimum absolute atomic E-state index is 0.975. The van der Waals surface area contributed by atoms with Crippen LogP contribution in [0, 0.1) is 11.8 Å². The Morgan fingerprint density at radius 2 is 1.45 bits per heavy atom. The van der Waals surface area contributed by atoms with Crippen molar-refractivity contribution < 1.29 is 0 Å². The molecule has 1 heterocycles. The summed E-state index contributed by atoms with van der Waals surface area (Å²) in [6.45, 7) is 6.46. The van der Waals surface area contributed by atoms with Crippen LogP contribution >= 0.6 is 0 Å². The van der Waals surface area contributed by atoms with Crippen molar-refractivity contribution >= 4 is 11.4 Å². The summed E-state index contributed by atoms with van der Waals surface area (Å²) < 4.78 is 0. The van der Waals surface area contributed by atoms with Crippen molar-refractivity contribution in [1.29, 1.82) is 0 Å². The lowest BCUT2D eigenvalue weighted by Gasteiger charge is -2.28. The number of allylic oxidation sites excluding steroid dienone is 1. The Labute approximate surface area is 120 Å². The minimum Gasteiger partial charge on any atom is -0.312 e. The highest BCUT2D eigenvalue weighted by molar-refractivity contribution is 5.80. The van der Waals surface area contributed by atoms with Crippen molar-refractivity contribution in [3.63, 3.8) is 0 Å². The van der Waals surface area contributed by atoms with Crippen LogP contribution in [0.25, 0.3) is 0 Å². The molecule has 2 aromatic carbocycles. The van der Waals surface area contributed by atoms with Crippen LogP contribution in [0.5, 0.6) is 0 Å². The molecule has 0 aromatic heterocycles. The summed E-state index contributed by atoms with van der Waals surface area (Å²) in [5, 5.41) is 0. The van der Waals surface area contributed by atoms with Gasteiger partial charge in [-0.05, 0) is 30.7 Å². The zero-order valence-corrected chi connectivity index (χ0v) is 11.7. The fourth-order valence-corrected chi connectivity index (χ4v) is 2.55. The van der Waals surface area contributed by atoms with Crippen molar-refractivity contribution in [3.05, 3.63) is 71.9 Å². The first kappa shape index (κ1) is 12.6. The van der Waals surface area contributed by atoms with Crippen molar-refractivity contribution in [3.8, 4) is 11.8 Å². The van der Waals surface area contributed by atoms with E-state index in [2.05, 4.69) is 66.6 Å². The molecule has 1 nitrogen and oxygen atoms in total. The normalized spacial score (nSPS) is 11.8. The van der Waals surface area contributed by atoms with E-state index in [1.165, 1.54) is 0 Å². The van der Waals surface area contributed by atoms with Crippen molar-refractivity contribution in [2.75, 3.05) is 4.90 Å². The maximum absolute atomic E-state index is 4.28. The first-order valence-electron chi connectivity index (χ1n) is 6.99. The van der Waals surface area contributed by atoms with Crippen LogP contribution in [-0.4, -0.2) is 0 Å². The smallest absolute Gasteiger partial charge is 0.0615 e. The summed E-state index contributed by atoms with van der Waals surface area (Å²) in [6.07, 6.45) is 2.06. The lowest BCUT2D eigenvalue weighted by Crippen LogP contribution is -2.17. The third-order valence-electron chi connectivity index (χ3n) is 3.48. The highest BCUT2D eigenvalue weighted by Crippen LogP contribution is 2.36. The van der Waals surface area contributed by atoms with Gasteiger partial charge in [0.25, 0.3) is 0 Å².